The van der Waals surface area contributed by atoms with Crippen molar-refractivity contribution >= 4 is 53.4 Å². The Balaban J connectivity index is -0.0000000651. The van der Waals surface area contributed by atoms with E-state index in [0.717, 1.165) is 0 Å². The second-order valence-corrected chi connectivity index (χ2v) is 9.89. The number of alkyl halides is 5. The molecule has 252 valence electrons. The van der Waals surface area contributed by atoms with Gasteiger partial charge in [-0.2, -0.15) is 22.0 Å². The van der Waals surface area contributed by atoms with Crippen LogP contribution in [0.5, 0.6) is 0 Å². The van der Waals surface area contributed by atoms with E-state index in [-0.39, 0.29) is 0 Å². The Bertz CT molecular complexity index is 754. The van der Waals surface area contributed by atoms with Crippen LogP contribution in [0.4, 0.5) is 47.1 Å². The van der Waals surface area contributed by atoms with Gasteiger partial charge in [0.2, 0.25) is 0 Å². The molecule has 0 radical (unpaired) electrons. The molecule has 0 aliphatic carbocycles. The summed E-state index contributed by atoms with van der Waals surface area (Å²) in [7, 11) is -30.8. The molecule has 0 heterocycles. The van der Waals surface area contributed by atoms with Crippen molar-refractivity contribution < 1.29 is 143 Å². The summed E-state index contributed by atoms with van der Waals surface area (Å²) in [6.45, 7) is 0. The third-order valence-corrected chi connectivity index (χ3v) is 0.625. The minimum Gasteiger partial charge on any atom is -0.477 e. The fraction of sp³-hybridized carbons (Fsp3) is 0.667. The average molecular weight is 764 g/mol. The maximum Gasteiger partial charge on any atom is 0.507 e. The molecule has 0 aromatic heterocycles. The van der Waals surface area contributed by atoms with Gasteiger partial charge in [0.25, 0.3) is 0 Å². The van der Waals surface area contributed by atoms with Crippen LogP contribution < -0.4 is 0 Å². The maximum atomic E-state index is 11.3. The quantitative estimate of drug-likeness (QED) is 0.133. The van der Waals surface area contributed by atoms with Crippen LogP contribution in [0.1, 0.15) is 0 Å². The predicted octanol–water partition coefficient (Wildman–Crippen LogP) is 1.56. The van der Waals surface area contributed by atoms with E-state index in [1.807, 2.05) is 0 Å². The highest BCUT2D eigenvalue weighted by Gasteiger charge is 2.64. The summed E-state index contributed by atoms with van der Waals surface area (Å²) in [5, 5.41) is 7.31. The fourth-order valence-corrected chi connectivity index (χ4v) is 0.121. The standard InChI is InChI=1S/C3HF5O2.6FH2O3P/c4-2(5,1(9)10)3(6,7)8;6*1-5(2,3)4/h(H,9,10);6*(H2,2,3,4). The summed E-state index contributed by atoms with van der Waals surface area (Å²) in [4.78, 5) is 92.8. The Hall–Kier alpha value is -0.400. The molecule has 0 aliphatic rings. The summed E-state index contributed by atoms with van der Waals surface area (Å²) >= 11 is 0. The second-order valence-electron chi connectivity index (χ2n) is 4.21. The highest BCUT2D eigenvalue weighted by molar-refractivity contribution is 7.46. The van der Waals surface area contributed by atoms with Crippen molar-refractivity contribution in [3.05, 3.63) is 0 Å². The first-order valence-electron chi connectivity index (χ1n) is 6.38. The molecule has 0 amide bonds. The van der Waals surface area contributed by atoms with Crippen molar-refractivity contribution in [2.24, 2.45) is 0 Å². The van der Waals surface area contributed by atoms with Crippen molar-refractivity contribution in [2.45, 2.75) is 12.1 Å². The van der Waals surface area contributed by atoms with E-state index in [1.54, 1.807) is 0 Å². The van der Waals surface area contributed by atoms with Gasteiger partial charge in [0.05, 0.1) is 0 Å². The Kier molecular flexibility index (Phi) is 29.6. The number of carboxylic acid groups (broad SMARTS) is 1. The van der Waals surface area contributed by atoms with Crippen molar-refractivity contribution in [2.75, 3.05) is 0 Å². The largest absolute Gasteiger partial charge is 0.507 e. The smallest absolute Gasteiger partial charge is 0.477 e. The topological polar surface area (TPSA) is 382 Å². The molecular weight excluding hydrogens is 751 g/mol. The molecule has 0 fully saturated rings. The van der Waals surface area contributed by atoms with Crippen molar-refractivity contribution in [3.8, 4) is 0 Å². The molecule has 13 N–H and O–H groups in total. The number of rotatable bonds is 1. The molecule has 40 heavy (non-hydrogen) atoms. The number of hydrogen-bond acceptors (Lipinski definition) is 7. The van der Waals surface area contributed by atoms with Crippen LogP contribution in [0.25, 0.3) is 0 Å². The van der Waals surface area contributed by atoms with Gasteiger partial charge in [-0.25, -0.2) is 32.2 Å². The Morgan fingerprint density at radius 1 is 0.400 bits per heavy atom. The molecule has 0 bridgehead atoms. The average Bonchev–Trinajstić information content (AvgIpc) is 2.33. The summed E-state index contributed by atoms with van der Waals surface area (Å²) in [6.07, 6.45) is -6.02. The highest BCUT2D eigenvalue weighted by Crippen LogP contribution is 2.37. The number of halogens is 11. The van der Waals surface area contributed by atoms with Crippen LogP contribution >= 0.6 is 47.4 Å². The SMILES string of the molecule is O=C(O)C(F)(F)C(F)(F)F.O=P(O)(O)F.O=P(O)(O)F.O=P(O)(O)F.O=P(O)(O)F.O=P(O)(O)F.O=P(O)(O)F. The molecule has 0 aliphatic heterocycles. The van der Waals surface area contributed by atoms with Crippen LogP contribution in [0.15, 0.2) is 0 Å². The van der Waals surface area contributed by atoms with Gasteiger partial charge >= 0.3 is 65.5 Å². The van der Waals surface area contributed by atoms with Gasteiger partial charge in [0, 0.05) is 0 Å². The van der Waals surface area contributed by atoms with Crippen molar-refractivity contribution in [1.29, 1.82) is 0 Å². The van der Waals surface area contributed by atoms with E-state index in [9.17, 15) is 51.9 Å². The van der Waals surface area contributed by atoms with E-state index in [2.05, 4.69) is 0 Å². The fourth-order valence-electron chi connectivity index (χ4n) is 0.121. The normalized spacial score (nSPS) is 12.2. The first kappa shape index (κ1) is 55.5. The summed E-state index contributed by atoms with van der Waals surface area (Å²) in [5.41, 5.74) is 0. The molecule has 37 heteroatoms. The van der Waals surface area contributed by atoms with Gasteiger partial charge in [-0.05, 0) is 0 Å². The molecule has 0 saturated carbocycles. The summed E-state index contributed by atoms with van der Waals surface area (Å²) in [5.74, 6) is -8.84. The predicted molar refractivity (Wildman–Crippen MR) is 97.6 cm³/mol. The van der Waals surface area contributed by atoms with E-state index in [0.29, 0.717) is 0 Å². The molecular formula is C3H13F11O20P6. The van der Waals surface area contributed by atoms with Gasteiger partial charge in [0.1, 0.15) is 0 Å². The summed E-state index contributed by atoms with van der Waals surface area (Å²) < 4.78 is 170. The van der Waals surface area contributed by atoms with E-state index in [4.69, 9.17) is 91.2 Å². The Morgan fingerprint density at radius 2 is 0.475 bits per heavy atom. The van der Waals surface area contributed by atoms with Gasteiger partial charge in [-0.15, -0.1) is 25.2 Å². The van der Waals surface area contributed by atoms with Crippen LogP contribution in [-0.4, -0.2) is 81.9 Å². The lowest BCUT2D eigenvalue weighted by Gasteiger charge is -2.13. The Morgan fingerprint density at radius 3 is 0.475 bits per heavy atom. The monoisotopic (exact) mass is 764 g/mol. The van der Waals surface area contributed by atoms with Crippen LogP contribution in [0.2, 0.25) is 0 Å². The minimum absolute atomic E-state index is 3.19. The molecule has 0 unspecified atom stereocenters. The van der Waals surface area contributed by atoms with Crippen LogP contribution in [0.3, 0.4) is 0 Å². The van der Waals surface area contributed by atoms with E-state index >= 15 is 0 Å². The van der Waals surface area contributed by atoms with Crippen molar-refractivity contribution in [1.82, 2.24) is 0 Å². The minimum atomic E-state index is -6.02. The number of carbonyl (C=O) groups is 1. The third kappa shape index (κ3) is 236. The zero-order chi connectivity index (χ0) is 35.6. The van der Waals surface area contributed by atoms with Gasteiger partial charge in [-0.3, -0.25) is 58.7 Å². The van der Waals surface area contributed by atoms with Gasteiger partial charge in [0.15, 0.2) is 0 Å². The first-order chi connectivity index (χ1) is 16.2. The molecule has 0 rings (SSSR count). The number of hydrogen-bond donors (Lipinski definition) is 13. The van der Waals surface area contributed by atoms with E-state index in [1.165, 1.54) is 0 Å². The molecule has 0 saturated heterocycles. The van der Waals surface area contributed by atoms with Gasteiger partial charge < -0.3 is 5.11 Å². The third-order valence-electron chi connectivity index (χ3n) is 0.625. The second kappa shape index (κ2) is 21.3. The zero-order valence-electron chi connectivity index (χ0n) is 17.0. The lowest BCUT2D eigenvalue weighted by Crippen LogP contribution is -2.43. The van der Waals surface area contributed by atoms with E-state index < -0.39 is 65.5 Å². The number of carboxylic acids is 1. The first-order valence-corrected chi connectivity index (χ1v) is 15.4. The maximum absolute atomic E-state index is 11.3. The van der Waals surface area contributed by atoms with Gasteiger partial charge in [-0.1, -0.05) is 0 Å². The molecule has 0 aromatic rings. The molecule has 0 atom stereocenters. The van der Waals surface area contributed by atoms with Crippen LogP contribution in [0, 0.1) is 0 Å². The summed E-state index contributed by atoms with van der Waals surface area (Å²) in [6, 6.07) is 0. The highest BCUT2D eigenvalue weighted by atomic mass is 31.2. The number of aliphatic carboxylic acids is 1. The lowest BCUT2D eigenvalue weighted by atomic mass is 10.3. The van der Waals surface area contributed by atoms with Crippen LogP contribution in [-0.2, 0) is 32.2 Å². The zero-order valence-corrected chi connectivity index (χ0v) is 22.4. The molecule has 0 aromatic carbocycles. The Labute approximate surface area is 209 Å². The molecule has 0 spiro atoms. The lowest BCUT2D eigenvalue weighted by molar-refractivity contribution is -0.277. The molecule has 20 nitrogen and oxygen atoms in total. The van der Waals surface area contributed by atoms with Crippen molar-refractivity contribution in [3.63, 3.8) is 0 Å².